The van der Waals surface area contributed by atoms with Crippen molar-refractivity contribution in [2.45, 2.75) is 19.4 Å². The van der Waals surface area contributed by atoms with Crippen molar-refractivity contribution >= 4 is 11.4 Å². The van der Waals surface area contributed by atoms with Gasteiger partial charge < -0.3 is 10.0 Å². The van der Waals surface area contributed by atoms with E-state index in [0.29, 0.717) is 0 Å². The number of nitro groups is 1. The van der Waals surface area contributed by atoms with E-state index in [0.717, 1.165) is 38.3 Å². The van der Waals surface area contributed by atoms with Crippen LogP contribution < -0.4 is 4.90 Å². The molecule has 1 N–H and O–H groups in total. The summed E-state index contributed by atoms with van der Waals surface area (Å²) in [6.07, 6.45) is 0.909. The summed E-state index contributed by atoms with van der Waals surface area (Å²) in [5, 5.41) is 29.3. The molecular weight excluding hydrogens is 284 g/mol. The Labute approximate surface area is 129 Å². The molecule has 0 saturated carbocycles. The lowest BCUT2D eigenvalue weighted by Gasteiger charge is -2.39. The number of anilines is 1. The molecule has 1 aromatic rings. The van der Waals surface area contributed by atoms with Crippen molar-refractivity contribution in [3.63, 3.8) is 0 Å². The van der Waals surface area contributed by atoms with Crippen LogP contribution in [0.1, 0.15) is 18.9 Å². The molecule has 0 bridgehead atoms. The second-order valence-corrected chi connectivity index (χ2v) is 5.34. The molecule has 7 nitrogen and oxygen atoms in total. The fourth-order valence-corrected chi connectivity index (χ4v) is 2.82. The number of hydrogen-bond donors (Lipinski definition) is 1. The molecule has 0 radical (unpaired) electrons. The van der Waals surface area contributed by atoms with Gasteiger partial charge in [0.25, 0.3) is 5.69 Å². The summed E-state index contributed by atoms with van der Waals surface area (Å²) in [5.74, 6) is 0. The Balaban J connectivity index is 2.09. The highest BCUT2D eigenvalue weighted by molar-refractivity contribution is 5.60. The Hall–Kier alpha value is -2.17. The van der Waals surface area contributed by atoms with Crippen LogP contribution in [0.15, 0.2) is 18.2 Å². The molecule has 1 aromatic carbocycles. The zero-order valence-corrected chi connectivity index (χ0v) is 12.6. The molecule has 1 heterocycles. The minimum absolute atomic E-state index is 0.0896. The minimum atomic E-state index is -0.534. The zero-order valence-electron chi connectivity index (χ0n) is 12.6. The van der Waals surface area contributed by atoms with E-state index in [4.69, 9.17) is 5.26 Å². The van der Waals surface area contributed by atoms with Crippen molar-refractivity contribution in [3.8, 4) is 6.07 Å². The van der Waals surface area contributed by atoms with Gasteiger partial charge in [0.1, 0.15) is 11.6 Å². The first kappa shape index (κ1) is 16.2. The molecule has 0 aliphatic carbocycles. The Morgan fingerprint density at radius 2 is 2.09 bits per heavy atom. The Morgan fingerprint density at radius 3 is 2.59 bits per heavy atom. The molecule has 1 aliphatic heterocycles. The van der Waals surface area contributed by atoms with E-state index in [9.17, 15) is 15.2 Å². The van der Waals surface area contributed by atoms with Gasteiger partial charge in [-0.15, -0.1) is 0 Å². The van der Waals surface area contributed by atoms with Crippen molar-refractivity contribution in [2.75, 3.05) is 37.7 Å². The highest BCUT2D eigenvalue weighted by Gasteiger charge is 2.23. The van der Waals surface area contributed by atoms with E-state index in [1.165, 1.54) is 6.07 Å². The van der Waals surface area contributed by atoms with Gasteiger partial charge in [0.15, 0.2) is 0 Å². The van der Waals surface area contributed by atoms with Crippen molar-refractivity contribution in [2.24, 2.45) is 0 Å². The molecule has 1 saturated heterocycles. The van der Waals surface area contributed by atoms with Crippen LogP contribution in [0.5, 0.6) is 0 Å². The van der Waals surface area contributed by atoms with Crippen LogP contribution in [-0.4, -0.2) is 53.8 Å². The number of piperazine rings is 1. The maximum atomic E-state index is 10.9. The van der Waals surface area contributed by atoms with E-state index in [-0.39, 0.29) is 23.9 Å². The van der Waals surface area contributed by atoms with Crippen molar-refractivity contribution in [3.05, 3.63) is 33.9 Å². The molecular formula is C15H20N4O3. The van der Waals surface area contributed by atoms with Crippen molar-refractivity contribution in [1.29, 1.82) is 5.26 Å². The minimum Gasteiger partial charge on any atom is -0.395 e. The van der Waals surface area contributed by atoms with Gasteiger partial charge in [-0.2, -0.15) is 5.26 Å². The van der Waals surface area contributed by atoms with Gasteiger partial charge in [-0.25, -0.2) is 0 Å². The fraction of sp³-hybridized carbons (Fsp3) is 0.533. The molecule has 1 atom stereocenters. The third-order valence-electron chi connectivity index (χ3n) is 4.18. The van der Waals surface area contributed by atoms with E-state index in [2.05, 4.69) is 16.7 Å². The molecule has 118 valence electrons. The second kappa shape index (κ2) is 7.20. The number of rotatable bonds is 5. The van der Waals surface area contributed by atoms with Crippen molar-refractivity contribution in [1.82, 2.24) is 4.90 Å². The van der Waals surface area contributed by atoms with Gasteiger partial charge in [0, 0.05) is 44.0 Å². The number of aliphatic hydroxyl groups excluding tert-OH is 1. The lowest BCUT2D eigenvalue weighted by Crippen LogP contribution is -2.51. The molecule has 0 amide bonds. The summed E-state index contributed by atoms with van der Waals surface area (Å²) in [5.41, 5.74) is 0.766. The smallest absolute Gasteiger partial charge is 0.287 e. The molecule has 1 fully saturated rings. The monoisotopic (exact) mass is 304 g/mol. The summed E-state index contributed by atoms with van der Waals surface area (Å²) >= 11 is 0. The lowest BCUT2D eigenvalue weighted by atomic mass is 10.1. The van der Waals surface area contributed by atoms with Gasteiger partial charge in [0.05, 0.1) is 11.5 Å². The van der Waals surface area contributed by atoms with Gasteiger partial charge in [-0.1, -0.05) is 6.92 Å². The van der Waals surface area contributed by atoms with E-state index < -0.39 is 4.92 Å². The summed E-state index contributed by atoms with van der Waals surface area (Å²) in [6, 6.07) is 6.74. The topological polar surface area (TPSA) is 93.6 Å². The number of nitro benzene ring substituents is 1. The molecule has 2 rings (SSSR count). The molecule has 1 unspecified atom stereocenters. The predicted molar refractivity (Wildman–Crippen MR) is 82.8 cm³/mol. The van der Waals surface area contributed by atoms with Gasteiger partial charge >= 0.3 is 0 Å². The number of hydrogen-bond acceptors (Lipinski definition) is 6. The average molecular weight is 304 g/mol. The maximum absolute atomic E-state index is 10.9. The summed E-state index contributed by atoms with van der Waals surface area (Å²) in [6.45, 7) is 5.43. The number of nitriles is 1. The van der Waals surface area contributed by atoms with Gasteiger partial charge in [-0.3, -0.25) is 15.0 Å². The normalized spacial score (nSPS) is 17.0. The Kier molecular flexibility index (Phi) is 5.31. The summed E-state index contributed by atoms with van der Waals surface area (Å²) in [4.78, 5) is 14.7. The number of aliphatic hydroxyl groups is 1. The summed E-state index contributed by atoms with van der Waals surface area (Å²) < 4.78 is 0. The molecule has 7 heteroatoms. The molecule has 0 spiro atoms. The first-order valence-electron chi connectivity index (χ1n) is 7.39. The Morgan fingerprint density at radius 1 is 1.41 bits per heavy atom. The van der Waals surface area contributed by atoms with Crippen LogP contribution in [0, 0.1) is 21.4 Å². The standard InChI is InChI=1S/C15H20N4O3/c1-2-13(11-20)17-5-7-18(8-6-17)14-3-4-15(19(21)22)12(9-14)10-16/h3-4,9,13,20H,2,5-8,11H2,1H3. The van der Waals surface area contributed by atoms with Crippen LogP contribution in [0.25, 0.3) is 0 Å². The lowest BCUT2D eigenvalue weighted by molar-refractivity contribution is -0.385. The zero-order chi connectivity index (χ0) is 16.1. The third kappa shape index (κ3) is 3.35. The quantitative estimate of drug-likeness (QED) is 0.652. The second-order valence-electron chi connectivity index (χ2n) is 5.34. The van der Waals surface area contributed by atoms with Gasteiger partial charge in [-0.05, 0) is 18.6 Å². The van der Waals surface area contributed by atoms with E-state index in [1.54, 1.807) is 12.1 Å². The van der Waals surface area contributed by atoms with E-state index >= 15 is 0 Å². The van der Waals surface area contributed by atoms with Crippen LogP contribution in [0.4, 0.5) is 11.4 Å². The highest BCUT2D eigenvalue weighted by atomic mass is 16.6. The maximum Gasteiger partial charge on any atom is 0.287 e. The molecule has 22 heavy (non-hydrogen) atoms. The first-order chi connectivity index (χ1) is 10.6. The van der Waals surface area contributed by atoms with Crippen LogP contribution in [-0.2, 0) is 0 Å². The van der Waals surface area contributed by atoms with Crippen LogP contribution in [0.3, 0.4) is 0 Å². The van der Waals surface area contributed by atoms with Crippen LogP contribution >= 0.6 is 0 Å². The highest BCUT2D eigenvalue weighted by Crippen LogP contribution is 2.25. The summed E-state index contributed by atoms with van der Waals surface area (Å²) in [7, 11) is 0. The van der Waals surface area contributed by atoms with E-state index in [1.807, 2.05) is 6.07 Å². The molecule has 1 aliphatic rings. The van der Waals surface area contributed by atoms with Gasteiger partial charge in [0.2, 0.25) is 0 Å². The first-order valence-corrected chi connectivity index (χ1v) is 7.39. The van der Waals surface area contributed by atoms with Crippen LogP contribution in [0.2, 0.25) is 0 Å². The molecule has 0 aromatic heterocycles. The predicted octanol–water partition coefficient (Wildman–Crippen LogP) is 1.36. The number of benzene rings is 1. The fourth-order valence-electron chi connectivity index (χ4n) is 2.82. The SMILES string of the molecule is CCC(CO)N1CCN(c2ccc([N+](=O)[O-])c(C#N)c2)CC1. The largest absolute Gasteiger partial charge is 0.395 e. The van der Waals surface area contributed by atoms with Crippen molar-refractivity contribution < 1.29 is 10.0 Å². The third-order valence-corrected chi connectivity index (χ3v) is 4.18. The number of nitrogens with zero attached hydrogens (tertiary/aromatic N) is 4. The average Bonchev–Trinajstić information content (AvgIpc) is 2.56. The Bertz CT molecular complexity index is 573.